The fraction of sp³-hybridized carbons (Fsp3) is 0.0714. The van der Waals surface area contributed by atoms with E-state index in [9.17, 15) is 9.50 Å². The Morgan fingerprint density at radius 1 is 1.11 bits per heavy atom. The van der Waals surface area contributed by atoms with E-state index in [1.807, 2.05) is 0 Å². The normalized spacial score (nSPS) is 10.7. The summed E-state index contributed by atoms with van der Waals surface area (Å²) in [6.07, 6.45) is 1.39. The van der Waals surface area contributed by atoms with Crippen LogP contribution in [0, 0.1) is 5.82 Å². The van der Waals surface area contributed by atoms with Crippen LogP contribution in [0.3, 0.4) is 0 Å². The molecule has 0 aliphatic carbocycles. The second-order valence-corrected chi connectivity index (χ2v) is 3.66. The molecule has 0 aromatic heterocycles. The number of hydrogen-bond donors (Lipinski definition) is 1. The van der Waals surface area contributed by atoms with Crippen LogP contribution in [0.15, 0.2) is 53.7 Å². The van der Waals surface area contributed by atoms with Gasteiger partial charge in [0.1, 0.15) is 18.2 Å². The number of phenols is 1. The van der Waals surface area contributed by atoms with E-state index < -0.39 is 0 Å². The largest absolute Gasteiger partial charge is 0.507 e. The quantitative estimate of drug-likeness (QED) is 0.664. The van der Waals surface area contributed by atoms with E-state index in [2.05, 4.69) is 5.16 Å². The standard InChI is InChI=1S/C14H12FNO2/c15-13-7-3-1-6-12(13)10-18-16-9-11-5-2-4-8-14(11)17/h1-9,17H,10H2/b16-9+. The van der Waals surface area contributed by atoms with Gasteiger partial charge in [-0.1, -0.05) is 35.5 Å². The van der Waals surface area contributed by atoms with Gasteiger partial charge < -0.3 is 9.94 Å². The van der Waals surface area contributed by atoms with E-state index in [1.165, 1.54) is 12.3 Å². The third kappa shape index (κ3) is 3.07. The van der Waals surface area contributed by atoms with Crippen LogP contribution in [0.2, 0.25) is 0 Å². The number of aromatic hydroxyl groups is 1. The maximum Gasteiger partial charge on any atom is 0.145 e. The Balaban J connectivity index is 1.93. The molecule has 0 atom stereocenters. The van der Waals surface area contributed by atoms with Gasteiger partial charge in [-0.05, 0) is 18.2 Å². The summed E-state index contributed by atoms with van der Waals surface area (Å²) in [5.41, 5.74) is 0.984. The monoisotopic (exact) mass is 245 g/mol. The van der Waals surface area contributed by atoms with Crippen LogP contribution in [-0.2, 0) is 11.4 Å². The first kappa shape index (κ1) is 12.1. The Morgan fingerprint density at radius 3 is 2.61 bits per heavy atom. The Kier molecular flexibility index (Phi) is 3.91. The van der Waals surface area contributed by atoms with Crippen LogP contribution in [-0.4, -0.2) is 11.3 Å². The summed E-state index contributed by atoms with van der Waals surface area (Å²) in [4.78, 5) is 4.98. The number of oxime groups is 1. The minimum atomic E-state index is -0.324. The van der Waals surface area contributed by atoms with Crippen molar-refractivity contribution in [1.82, 2.24) is 0 Å². The lowest BCUT2D eigenvalue weighted by atomic mass is 10.2. The average Bonchev–Trinajstić information content (AvgIpc) is 2.38. The Hall–Kier alpha value is -2.36. The highest BCUT2D eigenvalue weighted by molar-refractivity contribution is 5.82. The van der Waals surface area contributed by atoms with Crippen LogP contribution in [0.25, 0.3) is 0 Å². The molecule has 0 spiro atoms. The molecule has 3 nitrogen and oxygen atoms in total. The molecule has 2 aromatic rings. The predicted octanol–water partition coefficient (Wildman–Crippen LogP) is 3.08. The number of para-hydroxylation sites is 1. The van der Waals surface area contributed by atoms with E-state index in [-0.39, 0.29) is 18.2 Å². The molecule has 0 bridgehead atoms. The molecule has 0 amide bonds. The van der Waals surface area contributed by atoms with Gasteiger partial charge in [0, 0.05) is 11.1 Å². The topological polar surface area (TPSA) is 41.8 Å². The molecule has 0 heterocycles. The van der Waals surface area contributed by atoms with Gasteiger partial charge >= 0.3 is 0 Å². The van der Waals surface area contributed by atoms with Crippen LogP contribution >= 0.6 is 0 Å². The highest BCUT2D eigenvalue weighted by Gasteiger charge is 2.00. The van der Waals surface area contributed by atoms with E-state index in [0.717, 1.165) is 0 Å². The van der Waals surface area contributed by atoms with E-state index >= 15 is 0 Å². The smallest absolute Gasteiger partial charge is 0.145 e. The SMILES string of the molecule is Oc1ccccc1/C=N/OCc1ccccc1F. The molecule has 0 saturated heterocycles. The van der Waals surface area contributed by atoms with Gasteiger partial charge in [-0.15, -0.1) is 0 Å². The van der Waals surface area contributed by atoms with Gasteiger partial charge in [0.15, 0.2) is 0 Å². The first-order valence-corrected chi connectivity index (χ1v) is 5.44. The Bertz CT molecular complexity index is 555. The average molecular weight is 245 g/mol. The number of phenolic OH excluding ortho intramolecular Hbond substituents is 1. The van der Waals surface area contributed by atoms with Crippen molar-refractivity contribution >= 4 is 6.21 Å². The van der Waals surface area contributed by atoms with Crippen LogP contribution < -0.4 is 0 Å². The van der Waals surface area contributed by atoms with Gasteiger partial charge in [-0.25, -0.2) is 4.39 Å². The lowest BCUT2D eigenvalue weighted by Crippen LogP contribution is -1.92. The molecular formula is C14H12FNO2. The van der Waals surface area contributed by atoms with Crippen molar-refractivity contribution in [2.45, 2.75) is 6.61 Å². The molecule has 4 heteroatoms. The third-order valence-electron chi connectivity index (χ3n) is 2.38. The highest BCUT2D eigenvalue weighted by Crippen LogP contribution is 2.13. The first-order valence-electron chi connectivity index (χ1n) is 5.44. The molecule has 18 heavy (non-hydrogen) atoms. The molecule has 92 valence electrons. The molecule has 2 aromatic carbocycles. The van der Waals surface area contributed by atoms with Crippen molar-refractivity contribution in [3.05, 3.63) is 65.5 Å². The summed E-state index contributed by atoms with van der Waals surface area (Å²) in [7, 11) is 0. The van der Waals surface area contributed by atoms with Crippen LogP contribution in [0.5, 0.6) is 5.75 Å². The van der Waals surface area contributed by atoms with E-state index in [1.54, 1.807) is 42.5 Å². The lowest BCUT2D eigenvalue weighted by molar-refractivity contribution is 0.129. The summed E-state index contributed by atoms with van der Waals surface area (Å²) >= 11 is 0. The minimum Gasteiger partial charge on any atom is -0.507 e. The second kappa shape index (κ2) is 5.82. The first-order chi connectivity index (χ1) is 8.77. The zero-order valence-corrected chi connectivity index (χ0v) is 9.58. The molecule has 0 unspecified atom stereocenters. The van der Waals surface area contributed by atoms with E-state index in [4.69, 9.17) is 4.84 Å². The Morgan fingerprint density at radius 2 is 1.83 bits per heavy atom. The maximum atomic E-state index is 13.2. The van der Waals surface area contributed by atoms with Crippen molar-refractivity contribution in [2.24, 2.45) is 5.16 Å². The van der Waals surface area contributed by atoms with E-state index in [0.29, 0.717) is 11.1 Å². The maximum absolute atomic E-state index is 13.2. The number of benzene rings is 2. The van der Waals surface area contributed by atoms with Crippen LogP contribution in [0.4, 0.5) is 4.39 Å². The minimum absolute atomic E-state index is 0.0524. The van der Waals surface area contributed by atoms with Gasteiger partial charge in [0.25, 0.3) is 0 Å². The summed E-state index contributed by atoms with van der Waals surface area (Å²) in [6, 6.07) is 13.1. The van der Waals surface area contributed by atoms with Gasteiger partial charge in [-0.3, -0.25) is 0 Å². The molecule has 2 rings (SSSR count). The molecule has 0 fully saturated rings. The summed E-state index contributed by atoms with van der Waals surface area (Å²) < 4.78 is 13.2. The summed E-state index contributed by atoms with van der Waals surface area (Å²) in [5.74, 6) is -0.203. The van der Waals surface area contributed by atoms with Crippen molar-refractivity contribution in [3.8, 4) is 5.75 Å². The highest BCUT2D eigenvalue weighted by atomic mass is 19.1. The number of nitrogens with zero attached hydrogens (tertiary/aromatic N) is 1. The summed E-state index contributed by atoms with van der Waals surface area (Å²) in [5, 5.41) is 13.2. The number of hydrogen-bond acceptors (Lipinski definition) is 3. The van der Waals surface area contributed by atoms with Crippen molar-refractivity contribution in [2.75, 3.05) is 0 Å². The lowest BCUT2D eigenvalue weighted by Gasteiger charge is -2.01. The third-order valence-corrected chi connectivity index (χ3v) is 2.38. The molecule has 0 aliphatic heterocycles. The molecule has 1 N–H and O–H groups in total. The fourth-order valence-electron chi connectivity index (χ4n) is 1.41. The zero-order chi connectivity index (χ0) is 12.8. The van der Waals surface area contributed by atoms with Gasteiger partial charge in [-0.2, -0.15) is 0 Å². The molecule has 0 saturated carbocycles. The number of halogens is 1. The number of rotatable bonds is 4. The van der Waals surface area contributed by atoms with Crippen molar-refractivity contribution in [1.29, 1.82) is 0 Å². The van der Waals surface area contributed by atoms with Gasteiger partial charge in [0.2, 0.25) is 0 Å². The predicted molar refractivity (Wildman–Crippen MR) is 66.9 cm³/mol. The Labute approximate surface area is 104 Å². The molecule has 0 radical (unpaired) electrons. The van der Waals surface area contributed by atoms with Crippen molar-refractivity contribution < 1.29 is 14.3 Å². The summed E-state index contributed by atoms with van der Waals surface area (Å²) in [6.45, 7) is 0.0524. The second-order valence-electron chi connectivity index (χ2n) is 3.66. The van der Waals surface area contributed by atoms with Crippen molar-refractivity contribution in [3.63, 3.8) is 0 Å². The van der Waals surface area contributed by atoms with Crippen LogP contribution in [0.1, 0.15) is 11.1 Å². The fourth-order valence-corrected chi connectivity index (χ4v) is 1.41. The molecular weight excluding hydrogens is 233 g/mol. The zero-order valence-electron chi connectivity index (χ0n) is 9.58. The molecule has 0 aliphatic rings. The van der Waals surface area contributed by atoms with Gasteiger partial charge in [0.05, 0.1) is 6.21 Å².